The van der Waals surface area contributed by atoms with Crippen LogP contribution in [0.2, 0.25) is 0 Å². The van der Waals surface area contributed by atoms with Gasteiger partial charge in [-0.3, -0.25) is 13.6 Å². The summed E-state index contributed by atoms with van der Waals surface area (Å²) in [6, 6.07) is 9.87. The Kier molecular flexibility index (Phi) is 4.95. The fraction of sp³-hybridized carbons (Fsp3) is 0.222. The molecule has 3 aromatic rings. The van der Waals surface area contributed by atoms with Crippen molar-refractivity contribution in [2.45, 2.75) is 24.5 Å². The number of nitrogens with zero attached hydrogens (tertiary/aromatic N) is 2. The van der Waals surface area contributed by atoms with Crippen LogP contribution in [0.25, 0.3) is 10.9 Å². The lowest BCUT2D eigenvalue weighted by atomic mass is 10.1. The lowest BCUT2D eigenvalue weighted by molar-refractivity contribution is -0.137. The molecule has 136 valence electrons. The Hall–Kier alpha value is -2.48. The highest BCUT2D eigenvalue weighted by atomic mass is 32.2. The predicted molar refractivity (Wildman–Crippen MR) is 93.5 cm³/mol. The predicted octanol–water partition coefficient (Wildman–Crippen LogP) is 3.59. The fourth-order valence-electron chi connectivity index (χ4n) is 2.64. The first-order valence-corrected chi connectivity index (χ1v) is 9.16. The molecule has 0 spiro atoms. The third-order valence-corrected chi connectivity index (χ3v) is 5.39. The maximum atomic E-state index is 12.9. The lowest BCUT2D eigenvalue weighted by Gasteiger charge is -2.12. The van der Waals surface area contributed by atoms with Crippen LogP contribution in [0.15, 0.2) is 58.5 Å². The highest BCUT2D eigenvalue weighted by Crippen LogP contribution is 2.30. The summed E-state index contributed by atoms with van der Waals surface area (Å²) in [6.07, 6.45) is -3.24. The second kappa shape index (κ2) is 7.03. The molecule has 0 saturated heterocycles. The van der Waals surface area contributed by atoms with Gasteiger partial charge in [-0.05, 0) is 29.8 Å². The Labute approximate surface area is 149 Å². The van der Waals surface area contributed by atoms with Crippen molar-refractivity contribution in [1.29, 1.82) is 0 Å². The zero-order chi connectivity index (χ0) is 18.9. The van der Waals surface area contributed by atoms with Gasteiger partial charge in [0.2, 0.25) is 0 Å². The van der Waals surface area contributed by atoms with Gasteiger partial charge in [-0.25, -0.2) is 4.98 Å². The van der Waals surface area contributed by atoms with E-state index in [1.54, 1.807) is 31.2 Å². The van der Waals surface area contributed by atoms with Crippen LogP contribution in [-0.2, 0) is 23.5 Å². The lowest BCUT2D eigenvalue weighted by Crippen LogP contribution is -2.22. The minimum atomic E-state index is -4.54. The monoisotopic (exact) mass is 380 g/mol. The molecular formula is C18H15F3N2O2S. The Morgan fingerprint density at radius 2 is 1.88 bits per heavy atom. The average molecular weight is 380 g/mol. The molecule has 8 heteroatoms. The van der Waals surface area contributed by atoms with Crippen molar-refractivity contribution >= 4 is 21.7 Å². The Balaban J connectivity index is 2.09. The number of hydrogen-bond acceptors (Lipinski definition) is 3. The van der Waals surface area contributed by atoms with E-state index in [9.17, 15) is 22.2 Å². The largest absolute Gasteiger partial charge is 0.416 e. The van der Waals surface area contributed by atoms with E-state index in [2.05, 4.69) is 4.98 Å². The molecule has 1 unspecified atom stereocenters. The summed E-state index contributed by atoms with van der Waals surface area (Å²) in [4.78, 5) is 17.3. The topological polar surface area (TPSA) is 52.0 Å². The summed E-state index contributed by atoms with van der Waals surface area (Å²) < 4.78 is 52.1. The molecular weight excluding hydrogens is 365 g/mol. The van der Waals surface area contributed by atoms with Crippen molar-refractivity contribution in [3.63, 3.8) is 0 Å². The number of rotatable bonds is 4. The van der Waals surface area contributed by atoms with Gasteiger partial charge in [0.1, 0.15) is 0 Å². The normalized spacial score (nSPS) is 13.1. The highest BCUT2D eigenvalue weighted by molar-refractivity contribution is 7.85. The standard InChI is InChI=1S/C18H15F3N2O2S/c1-2-26(25)16-6-4-3-5-12(16)10-23-11-22-15-8-7-13(18(19,20)21)9-14(15)17(23)24/h3-9,11H,2,10H2,1H3. The van der Waals surface area contributed by atoms with Crippen LogP contribution >= 0.6 is 0 Å². The van der Waals surface area contributed by atoms with Gasteiger partial charge in [0, 0.05) is 10.6 Å². The molecule has 0 aliphatic heterocycles. The highest BCUT2D eigenvalue weighted by Gasteiger charge is 2.30. The van der Waals surface area contributed by atoms with Crippen LogP contribution in [-0.4, -0.2) is 19.5 Å². The molecule has 1 heterocycles. The SMILES string of the molecule is CCS(=O)c1ccccc1Cn1cnc2ccc(C(F)(F)F)cc2c1=O. The number of aromatic nitrogens is 2. The van der Waals surface area contributed by atoms with E-state index in [0.29, 0.717) is 16.2 Å². The molecule has 0 amide bonds. The molecule has 0 N–H and O–H groups in total. The first-order valence-electron chi connectivity index (χ1n) is 7.84. The van der Waals surface area contributed by atoms with E-state index in [4.69, 9.17) is 0 Å². The second-order valence-corrected chi connectivity index (χ2v) is 7.36. The van der Waals surface area contributed by atoms with Gasteiger partial charge in [-0.2, -0.15) is 13.2 Å². The Bertz CT molecular complexity index is 1040. The van der Waals surface area contributed by atoms with Gasteiger partial charge < -0.3 is 0 Å². The molecule has 3 rings (SSSR count). The first-order chi connectivity index (χ1) is 12.3. The van der Waals surface area contributed by atoms with Crippen molar-refractivity contribution in [1.82, 2.24) is 9.55 Å². The molecule has 2 aromatic carbocycles. The molecule has 0 fully saturated rings. The Morgan fingerprint density at radius 3 is 2.58 bits per heavy atom. The molecule has 0 saturated carbocycles. The number of halogens is 3. The van der Waals surface area contributed by atoms with Crippen molar-refractivity contribution in [2.75, 3.05) is 5.75 Å². The van der Waals surface area contributed by atoms with Crippen LogP contribution in [0.1, 0.15) is 18.1 Å². The maximum absolute atomic E-state index is 12.9. The van der Waals surface area contributed by atoms with Crippen molar-refractivity contribution in [3.8, 4) is 0 Å². The smallest absolute Gasteiger partial charge is 0.294 e. The summed E-state index contributed by atoms with van der Waals surface area (Å²) in [7, 11) is -1.21. The summed E-state index contributed by atoms with van der Waals surface area (Å²) in [5.41, 5.74) is -0.597. The van der Waals surface area contributed by atoms with Gasteiger partial charge in [-0.15, -0.1) is 0 Å². The molecule has 26 heavy (non-hydrogen) atoms. The van der Waals surface area contributed by atoms with Crippen molar-refractivity contribution in [2.24, 2.45) is 0 Å². The van der Waals surface area contributed by atoms with Gasteiger partial charge in [0.05, 0.1) is 40.1 Å². The summed E-state index contributed by atoms with van der Waals surface area (Å²) in [6.45, 7) is 1.87. The second-order valence-electron chi connectivity index (χ2n) is 5.65. The maximum Gasteiger partial charge on any atom is 0.416 e. The minimum Gasteiger partial charge on any atom is -0.294 e. The van der Waals surface area contributed by atoms with Gasteiger partial charge in [0.25, 0.3) is 5.56 Å². The summed E-state index contributed by atoms with van der Waals surface area (Å²) >= 11 is 0. The Morgan fingerprint density at radius 1 is 1.15 bits per heavy atom. The van der Waals surface area contributed by atoms with E-state index in [1.807, 2.05) is 0 Å². The van der Waals surface area contributed by atoms with E-state index >= 15 is 0 Å². The van der Waals surface area contributed by atoms with E-state index < -0.39 is 28.1 Å². The number of benzene rings is 2. The van der Waals surface area contributed by atoms with Gasteiger partial charge in [0.15, 0.2) is 0 Å². The van der Waals surface area contributed by atoms with E-state index in [1.165, 1.54) is 17.0 Å². The molecule has 1 aromatic heterocycles. The first kappa shape index (κ1) is 18.3. The zero-order valence-electron chi connectivity index (χ0n) is 13.8. The van der Waals surface area contributed by atoms with Gasteiger partial charge >= 0.3 is 6.18 Å². The molecule has 0 aliphatic carbocycles. The third-order valence-electron chi connectivity index (χ3n) is 3.97. The molecule has 0 aliphatic rings. The summed E-state index contributed by atoms with van der Waals surface area (Å²) in [5.74, 6) is 0.427. The zero-order valence-corrected chi connectivity index (χ0v) is 14.6. The van der Waals surface area contributed by atoms with E-state index in [-0.39, 0.29) is 17.4 Å². The molecule has 0 bridgehead atoms. The van der Waals surface area contributed by atoms with Crippen LogP contribution in [0.5, 0.6) is 0 Å². The van der Waals surface area contributed by atoms with Gasteiger partial charge in [-0.1, -0.05) is 25.1 Å². The number of alkyl halides is 3. The summed E-state index contributed by atoms with van der Waals surface area (Å²) in [5, 5.41) is -0.101. The van der Waals surface area contributed by atoms with Crippen molar-refractivity contribution < 1.29 is 17.4 Å². The third kappa shape index (κ3) is 3.55. The van der Waals surface area contributed by atoms with Crippen LogP contribution in [0.4, 0.5) is 13.2 Å². The molecule has 1 atom stereocenters. The van der Waals surface area contributed by atoms with Crippen molar-refractivity contribution in [3.05, 3.63) is 70.3 Å². The van der Waals surface area contributed by atoms with E-state index in [0.717, 1.165) is 12.1 Å². The average Bonchev–Trinajstić information content (AvgIpc) is 2.63. The minimum absolute atomic E-state index is 0.0833. The molecule has 4 nitrogen and oxygen atoms in total. The quantitative estimate of drug-likeness (QED) is 0.695. The number of fused-ring (bicyclic) bond motifs is 1. The fourth-order valence-corrected chi connectivity index (χ4v) is 3.61. The van der Waals surface area contributed by atoms with Crippen LogP contribution in [0.3, 0.4) is 0 Å². The van der Waals surface area contributed by atoms with Crippen LogP contribution < -0.4 is 5.56 Å². The molecule has 0 radical (unpaired) electrons. The van der Waals surface area contributed by atoms with Crippen LogP contribution in [0, 0.1) is 0 Å². The number of hydrogen-bond donors (Lipinski definition) is 0.